The van der Waals surface area contributed by atoms with Crippen LogP contribution in [0.3, 0.4) is 0 Å². The molecule has 7 heteroatoms. The Bertz CT molecular complexity index is 1130. The van der Waals surface area contributed by atoms with E-state index >= 15 is 0 Å². The highest BCUT2D eigenvalue weighted by Gasteiger charge is 2.22. The van der Waals surface area contributed by atoms with Crippen LogP contribution in [-0.2, 0) is 6.42 Å². The number of aliphatic hydroxyl groups is 1. The van der Waals surface area contributed by atoms with E-state index < -0.39 is 0 Å². The number of benzene rings is 2. The zero-order chi connectivity index (χ0) is 22.5. The number of aliphatic hydroxyl groups excluding tert-OH is 1. The number of aromatic amines is 1. The summed E-state index contributed by atoms with van der Waals surface area (Å²) in [6, 6.07) is 17.1. The molecule has 33 heavy (non-hydrogen) atoms. The Labute approximate surface area is 194 Å². The van der Waals surface area contributed by atoms with Crippen molar-refractivity contribution in [3.8, 4) is 5.69 Å². The molecule has 2 aromatic heterocycles. The van der Waals surface area contributed by atoms with Crippen molar-refractivity contribution in [1.82, 2.24) is 30.0 Å². The second kappa shape index (κ2) is 10.3. The predicted octanol–water partition coefficient (Wildman–Crippen LogP) is 3.47. The second-order valence-corrected chi connectivity index (χ2v) is 8.92. The van der Waals surface area contributed by atoms with E-state index in [1.54, 1.807) is 17.3 Å². The maximum absolute atomic E-state index is 9.83. The number of aryl methyl sites for hydroxylation is 1. The fraction of sp³-hybridized carbons (Fsp3) is 0.385. The molecule has 0 unspecified atom stereocenters. The molecule has 1 aliphatic heterocycles. The molecule has 0 saturated carbocycles. The maximum atomic E-state index is 9.83. The predicted molar refractivity (Wildman–Crippen MR) is 130 cm³/mol. The normalized spacial score (nSPS) is 16.4. The Hall–Kier alpha value is -3.00. The molecule has 3 N–H and O–H groups in total. The van der Waals surface area contributed by atoms with Gasteiger partial charge in [-0.15, -0.1) is 0 Å². The van der Waals surface area contributed by atoms with E-state index in [2.05, 4.69) is 61.8 Å². The number of rotatable bonds is 9. The van der Waals surface area contributed by atoms with Gasteiger partial charge < -0.3 is 20.3 Å². The molecular weight excluding hydrogens is 412 g/mol. The quantitative estimate of drug-likeness (QED) is 0.368. The van der Waals surface area contributed by atoms with E-state index in [-0.39, 0.29) is 12.6 Å². The molecule has 172 valence electrons. The summed E-state index contributed by atoms with van der Waals surface area (Å²) in [7, 11) is 0. The van der Waals surface area contributed by atoms with Crippen molar-refractivity contribution in [3.63, 3.8) is 0 Å². The van der Waals surface area contributed by atoms with Gasteiger partial charge in [-0.25, -0.2) is 9.67 Å². The molecule has 0 bridgehead atoms. The van der Waals surface area contributed by atoms with Crippen molar-refractivity contribution >= 4 is 10.9 Å². The topological polar surface area (TPSA) is 82.0 Å². The van der Waals surface area contributed by atoms with Gasteiger partial charge in [0.25, 0.3) is 0 Å². The van der Waals surface area contributed by atoms with Crippen molar-refractivity contribution in [3.05, 3.63) is 78.5 Å². The van der Waals surface area contributed by atoms with Crippen molar-refractivity contribution in [2.75, 3.05) is 26.2 Å². The average Bonchev–Trinajstić information content (AvgIpc) is 3.54. The van der Waals surface area contributed by atoms with E-state index in [9.17, 15) is 5.11 Å². The minimum absolute atomic E-state index is 0.0204. The highest BCUT2D eigenvalue weighted by Crippen LogP contribution is 2.23. The van der Waals surface area contributed by atoms with E-state index in [1.165, 1.54) is 10.9 Å². The minimum Gasteiger partial charge on any atom is -0.394 e. The molecule has 0 aliphatic carbocycles. The number of likely N-dealkylation sites (tertiary alicyclic amines) is 1. The van der Waals surface area contributed by atoms with Gasteiger partial charge in [0.15, 0.2) is 0 Å². The van der Waals surface area contributed by atoms with Crippen LogP contribution in [0.25, 0.3) is 16.6 Å². The molecule has 1 saturated heterocycles. The third-order valence-corrected chi connectivity index (χ3v) is 6.76. The van der Waals surface area contributed by atoms with Crippen LogP contribution in [0.2, 0.25) is 0 Å². The number of piperidine rings is 1. The van der Waals surface area contributed by atoms with Crippen LogP contribution in [0, 0.1) is 0 Å². The number of nitrogens with one attached hydrogen (secondary N) is 2. The monoisotopic (exact) mass is 444 g/mol. The van der Waals surface area contributed by atoms with Gasteiger partial charge in [-0.2, -0.15) is 5.10 Å². The Morgan fingerprint density at radius 3 is 2.73 bits per heavy atom. The van der Waals surface area contributed by atoms with Crippen LogP contribution in [0.5, 0.6) is 0 Å². The molecule has 4 aromatic rings. The highest BCUT2D eigenvalue weighted by atomic mass is 16.3. The summed E-state index contributed by atoms with van der Waals surface area (Å²) in [4.78, 5) is 10.0. The van der Waals surface area contributed by atoms with Gasteiger partial charge in [0.05, 0.1) is 18.3 Å². The molecule has 1 fully saturated rings. The molecule has 1 aliphatic rings. The molecule has 5 rings (SSSR count). The Morgan fingerprint density at radius 2 is 1.97 bits per heavy atom. The highest BCUT2D eigenvalue weighted by molar-refractivity contribution is 5.85. The third-order valence-electron chi connectivity index (χ3n) is 6.76. The van der Waals surface area contributed by atoms with Crippen LogP contribution < -0.4 is 5.32 Å². The van der Waals surface area contributed by atoms with Gasteiger partial charge in [0.1, 0.15) is 12.7 Å². The lowest BCUT2D eigenvalue weighted by molar-refractivity contribution is 0.171. The number of aromatic nitrogens is 4. The fourth-order valence-corrected chi connectivity index (χ4v) is 4.90. The van der Waals surface area contributed by atoms with Gasteiger partial charge >= 0.3 is 0 Å². The standard InChI is InChI=1S/C26H32N6O/c33-17-26(20-5-2-1-3-6-20)30-22-10-13-31(14-11-22)12-4-7-21-16-28-25-9-8-23(15-24(21)25)32-19-27-18-29-32/h1-3,5-6,8-9,15-16,18-19,22,26,28,30,33H,4,7,10-14,17H2/t26-/m0/s1. The molecule has 7 nitrogen and oxygen atoms in total. The van der Waals surface area contributed by atoms with Gasteiger partial charge in [-0.1, -0.05) is 30.3 Å². The van der Waals surface area contributed by atoms with E-state index in [0.29, 0.717) is 6.04 Å². The average molecular weight is 445 g/mol. The number of H-pyrrole nitrogens is 1. The molecule has 2 aromatic carbocycles. The summed E-state index contributed by atoms with van der Waals surface area (Å²) in [5.74, 6) is 0. The maximum Gasteiger partial charge on any atom is 0.138 e. The lowest BCUT2D eigenvalue weighted by Gasteiger charge is -2.34. The second-order valence-electron chi connectivity index (χ2n) is 8.92. The van der Waals surface area contributed by atoms with Crippen molar-refractivity contribution < 1.29 is 5.11 Å². The van der Waals surface area contributed by atoms with Gasteiger partial charge in [0, 0.05) is 23.1 Å². The number of fused-ring (bicyclic) bond motifs is 1. The molecule has 3 heterocycles. The molecule has 0 radical (unpaired) electrons. The van der Waals surface area contributed by atoms with E-state index in [0.717, 1.165) is 62.1 Å². The number of hydrogen-bond acceptors (Lipinski definition) is 5. The summed E-state index contributed by atoms with van der Waals surface area (Å²) < 4.78 is 1.80. The van der Waals surface area contributed by atoms with E-state index in [1.807, 2.05) is 18.2 Å². The van der Waals surface area contributed by atoms with E-state index in [4.69, 9.17) is 0 Å². The Balaban J connectivity index is 1.11. The first-order valence-electron chi connectivity index (χ1n) is 11.9. The number of hydrogen-bond donors (Lipinski definition) is 3. The lowest BCUT2D eigenvalue weighted by Crippen LogP contribution is -2.44. The summed E-state index contributed by atoms with van der Waals surface area (Å²) in [5, 5.41) is 19.0. The molecule has 1 atom stereocenters. The molecular formula is C26H32N6O. The van der Waals surface area contributed by atoms with Crippen LogP contribution in [-0.4, -0.2) is 62.0 Å². The SMILES string of the molecule is OC[C@H](NC1CCN(CCCc2c[nH]c3ccc(-n4cncn4)cc23)CC1)c1ccccc1. The Morgan fingerprint density at radius 1 is 1.12 bits per heavy atom. The zero-order valence-electron chi connectivity index (χ0n) is 18.9. The summed E-state index contributed by atoms with van der Waals surface area (Å²) >= 11 is 0. The third kappa shape index (κ3) is 5.16. The number of nitrogens with zero attached hydrogens (tertiary/aromatic N) is 4. The van der Waals surface area contributed by atoms with Crippen LogP contribution in [0.1, 0.15) is 36.4 Å². The summed E-state index contributed by atoms with van der Waals surface area (Å²) in [6.45, 7) is 3.46. The first-order chi connectivity index (χ1) is 16.3. The first kappa shape index (κ1) is 21.8. The Kier molecular flexibility index (Phi) is 6.81. The van der Waals surface area contributed by atoms with Gasteiger partial charge in [-0.05, 0) is 74.6 Å². The van der Waals surface area contributed by atoms with Crippen molar-refractivity contribution in [2.45, 2.75) is 37.8 Å². The lowest BCUT2D eigenvalue weighted by atomic mass is 10.0. The van der Waals surface area contributed by atoms with Crippen LogP contribution in [0.15, 0.2) is 67.4 Å². The zero-order valence-corrected chi connectivity index (χ0v) is 18.9. The smallest absolute Gasteiger partial charge is 0.138 e. The van der Waals surface area contributed by atoms with Crippen LogP contribution in [0.4, 0.5) is 0 Å². The largest absolute Gasteiger partial charge is 0.394 e. The first-order valence-corrected chi connectivity index (χ1v) is 11.9. The minimum atomic E-state index is 0.0204. The fourth-order valence-electron chi connectivity index (χ4n) is 4.90. The summed E-state index contributed by atoms with van der Waals surface area (Å²) in [5.41, 5.74) is 4.72. The summed E-state index contributed by atoms with van der Waals surface area (Å²) in [6.07, 6.45) is 9.88. The molecule has 0 spiro atoms. The van der Waals surface area contributed by atoms with Crippen LogP contribution >= 0.6 is 0 Å². The van der Waals surface area contributed by atoms with Gasteiger partial charge in [-0.3, -0.25) is 0 Å². The molecule has 0 amide bonds. The van der Waals surface area contributed by atoms with Crippen molar-refractivity contribution in [1.29, 1.82) is 0 Å². The van der Waals surface area contributed by atoms with Crippen molar-refractivity contribution in [2.24, 2.45) is 0 Å². The van der Waals surface area contributed by atoms with Gasteiger partial charge in [0.2, 0.25) is 0 Å².